The van der Waals surface area contributed by atoms with Crippen LogP contribution in [0.3, 0.4) is 0 Å². The summed E-state index contributed by atoms with van der Waals surface area (Å²) >= 11 is 0. The van der Waals surface area contributed by atoms with Crippen LogP contribution >= 0.6 is 24.8 Å². The SMILES string of the molecule is Cc1ccc(C2CCN(C(=O)OCc3ccccc3)CC2N)cc1F.Cl.Cl. The zero-order chi connectivity index (χ0) is 17.8. The molecule has 27 heavy (non-hydrogen) atoms. The quantitative estimate of drug-likeness (QED) is 0.807. The van der Waals surface area contributed by atoms with Crippen LogP contribution in [0.1, 0.15) is 29.0 Å². The number of aryl methyl sites for hydroxylation is 1. The van der Waals surface area contributed by atoms with Crippen molar-refractivity contribution in [2.24, 2.45) is 5.73 Å². The first-order valence-electron chi connectivity index (χ1n) is 8.52. The lowest BCUT2D eigenvalue weighted by atomic mass is 9.85. The van der Waals surface area contributed by atoms with E-state index in [1.54, 1.807) is 24.0 Å². The number of hydrogen-bond acceptors (Lipinski definition) is 3. The van der Waals surface area contributed by atoms with Gasteiger partial charge in [0.1, 0.15) is 12.4 Å². The minimum Gasteiger partial charge on any atom is -0.445 e. The van der Waals surface area contributed by atoms with E-state index in [0.29, 0.717) is 25.1 Å². The number of carbonyl (C=O) groups is 1. The van der Waals surface area contributed by atoms with E-state index in [0.717, 1.165) is 11.1 Å². The van der Waals surface area contributed by atoms with Gasteiger partial charge in [0.2, 0.25) is 0 Å². The number of ether oxygens (including phenoxy) is 1. The summed E-state index contributed by atoms with van der Waals surface area (Å²) in [5.41, 5.74) is 8.73. The second-order valence-electron chi connectivity index (χ2n) is 6.55. The van der Waals surface area contributed by atoms with Gasteiger partial charge in [-0.05, 0) is 36.1 Å². The van der Waals surface area contributed by atoms with Crippen molar-refractivity contribution in [2.45, 2.75) is 31.9 Å². The molecular weight excluding hydrogens is 390 g/mol. The molecule has 1 amide bonds. The van der Waals surface area contributed by atoms with E-state index in [1.165, 1.54) is 0 Å². The number of nitrogens with zero attached hydrogens (tertiary/aromatic N) is 1. The number of likely N-dealkylation sites (tertiary alicyclic amines) is 1. The van der Waals surface area contributed by atoms with Gasteiger partial charge in [-0.25, -0.2) is 9.18 Å². The number of benzene rings is 2. The van der Waals surface area contributed by atoms with Gasteiger partial charge in [0, 0.05) is 25.0 Å². The summed E-state index contributed by atoms with van der Waals surface area (Å²) in [6, 6.07) is 14.6. The second-order valence-corrected chi connectivity index (χ2v) is 6.55. The molecule has 7 heteroatoms. The van der Waals surface area contributed by atoms with Crippen molar-refractivity contribution in [3.8, 4) is 0 Å². The monoisotopic (exact) mass is 414 g/mol. The zero-order valence-corrected chi connectivity index (χ0v) is 16.8. The summed E-state index contributed by atoms with van der Waals surface area (Å²) in [5.74, 6) is -0.164. The Hall–Kier alpha value is -1.82. The Morgan fingerprint density at radius 1 is 1.22 bits per heavy atom. The Morgan fingerprint density at radius 3 is 2.56 bits per heavy atom. The summed E-state index contributed by atoms with van der Waals surface area (Å²) in [4.78, 5) is 13.9. The third-order valence-corrected chi connectivity index (χ3v) is 4.75. The highest BCUT2D eigenvalue weighted by Crippen LogP contribution is 2.28. The van der Waals surface area contributed by atoms with Gasteiger partial charge in [0.05, 0.1) is 0 Å². The largest absolute Gasteiger partial charge is 0.445 e. The number of piperidine rings is 1. The number of carbonyl (C=O) groups excluding carboxylic acids is 1. The Bertz CT molecular complexity index is 746. The minimum atomic E-state index is -0.354. The Morgan fingerprint density at radius 2 is 1.93 bits per heavy atom. The molecule has 4 nitrogen and oxygen atoms in total. The number of amides is 1. The standard InChI is InChI=1S/C20H23FN2O2.2ClH/c1-14-7-8-16(11-18(14)21)17-9-10-23(12-19(17)22)20(24)25-13-15-5-3-2-4-6-15;;/h2-8,11,17,19H,9-10,12-13,22H2,1H3;2*1H. The van der Waals surface area contributed by atoms with Gasteiger partial charge < -0.3 is 15.4 Å². The Balaban J connectivity index is 0.00000182. The normalized spacial score (nSPS) is 18.9. The van der Waals surface area contributed by atoms with Gasteiger partial charge in [-0.1, -0.05) is 42.5 Å². The molecule has 1 fully saturated rings. The van der Waals surface area contributed by atoms with Crippen LogP contribution in [0.4, 0.5) is 9.18 Å². The van der Waals surface area contributed by atoms with Crippen molar-refractivity contribution in [3.05, 3.63) is 71.0 Å². The molecule has 0 saturated carbocycles. The lowest BCUT2D eigenvalue weighted by Gasteiger charge is -2.36. The molecule has 0 spiro atoms. The fourth-order valence-electron chi connectivity index (χ4n) is 3.21. The number of hydrogen-bond donors (Lipinski definition) is 1. The number of nitrogens with two attached hydrogens (primary N) is 1. The maximum Gasteiger partial charge on any atom is 0.410 e. The van der Waals surface area contributed by atoms with Crippen LogP contribution in [0.5, 0.6) is 0 Å². The molecule has 3 rings (SSSR count). The first-order valence-corrected chi connectivity index (χ1v) is 8.52. The molecule has 2 aromatic carbocycles. The molecule has 1 aliphatic rings. The van der Waals surface area contributed by atoms with Crippen molar-refractivity contribution in [1.29, 1.82) is 0 Å². The molecule has 148 valence electrons. The van der Waals surface area contributed by atoms with Crippen LogP contribution < -0.4 is 5.73 Å². The van der Waals surface area contributed by atoms with Crippen LogP contribution in [0.2, 0.25) is 0 Å². The van der Waals surface area contributed by atoms with Crippen molar-refractivity contribution in [3.63, 3.8) is 0 Å². The zero-order valence-electron chi connectivity index (χ0n) is 15.1. The van der Waals surface area contributed by atoms with Crippen LogP contribution in [-0.2, 0) is 11.3 Å². The molecule has 1 aliphatic heterocycles. The minimum absolute atomic E-state index is 0. The lowest BCUT2D eigenvalue weighted by Crippen LogP contribution is -2.49. The van der Waals surface area contributed by atoms with Gasteiger partial charge in [-0.15, -0.1) is 24.8 Å². The topological polar surface area (TPSA) is 55.6 Å². The molecule has 2 N–H and O–H groups in total. The Labute approximate surface area is 171 Å². The maximum absolute atomic E-state index is 13.8. The average Bonchev–Trinajstić information content (AvgIpc) is 2.63. The van der Waals surface area contributed by atoms with E-state index in [9.17, 15) is 9.18 Å². The van der Waals surface area contributed by atoms with Gasteiger partial charge in [0.25, 0.3) is 0 Å². The van der Waals surface area contributed by atoms with Crippen LogP contribution in [-0.4, -0.2) is 30.1 Å². The third-order valence-electron chi connectivity index (χ3n) is 4.75. The van der Waals surface area contributed by atoms with E-state index in [-0.39, 0.29) is 55.3 Å². The van der Waals surface area contributed by atoms with Crippen molar-refractivity contribution in [1.82, 2.24) is 4.90 Å². The lowest BCUT2D eigenvalue weighted by molar-refractivity contribution is 0.0831. The van der Waals surface area contributed by atoms with Crippen LogP contribution in [0.15, 0.2) is 48.5 Å². The van der Waals surface area contributed by atoms with Crippen LogP contribution in [0.25, 0.3) is 0 Å². The van der Waals surface area contributed by atoms with E-state index in [2.05, 4.69) is 0 Å². The molecular formula is C20H25Cl2FN2O2. The molecule has 0 bridgehead atoms. The summed E-state index contributed by atoms with van der Waals surface area (Å²) in [6.07, 6.45) is 0.345. The average molecular weight is 415 g/mol. The fourth-order valence-corrected chi connectivity index (χ4v) is 3.21. The van der Waals surface area contributed by atoms with Crippen molar-refractivity contribution in [2.75, 3.05) is 13.1 Å². The highest BCUT2D eigenvalue weighted by molar-refractivity contribution is 5.85. The highest BCUT2D eigenvalue weighted by Gasteiger charge is 2.31. The summed E-state index contributed by atoms with van der Waals surface area (Å²) < 4.78 is 19.2. The van der Waals surface area contributed by atoms with Crippen LogP contribution in [0, 0.1) is 12.7 Å². The summed E-state index contributed by atoms with van der Waals surface area (Å²) in [5, 5.41) is 0. The summed E-state index contributed by atoms with van der Waals surface area (Å²) in [6.45, 7) is 2.96. The van der Waals surface area contributed by atoms with Gasteiger partial charge in [-0.3, -0.25) is 0 Å². The molecule has 1 heterocycles. The van der Waals surface area contributed by atoms with Gasteiger partial charge in [-0.2, -0.15) is 0 Å². The fraction of sp³-hybridized carbons (Fsp3) is 0.350. The van der Waals surface area contributed by atoms with E-state index >= 15 is 0 Å². The smallest absolute Gasteiger partial charge is 0.410 e. The van der Waals surface area contributed by atoms with E-state index < -0.39 is 0 Å². The molecule has 0 aliphatic carbocycles. The number of rotatable bonds is 3. The van der Waals surface area contributed by atoms with E-state index in [1.807, 2.05) is 36.4 Å². The van der Waals surface area contributed by atoms with Gasteiger partial charge >= 0.3 is 6.09 Å². The third kappa shape index (κ3) is 5.83. The van der Waals surface area contributed by atoms with Crippen molar-refractivity contribution < 1.29 is 13.9 Å². The predicted octanol–water partition coefficient (Wildman–Crippen LogP) is 4.43. The van der Waals surface area contributed by atoms with Crippen molar-refractivity contribution >= 4 is 30.9 Å². The first kappa shape index (κ1) is 23.2. The molecule has 2 aromatic rings. The first-order chi connectivity index (χ1) is 12.0. The summed E-state index contributed by atoms with van der Waals surface area (Å²) in [7, 11) is 0. The van der Waals surface area contributed by atoms with Gasteiger partial charge in [0.15, 0.2) is 0 Å². The number of halogens is 3. The predicted molar refractivity (Wildman–Crippen MR) is 109 cm³/mol. The maximum atomic E-state index is 13.8. The highest BCUT2D eigenvalue weighted by atomic mass is 35.5. The second kappa shape index (κ2) is 10.5. The molecule has 2 unspecified atom stereocenters. The molecule has 2 atom stereocenters. The van der Waals surface area contributed by atoms with E-state index in [4.69, 9.17) is 10.5 Å². The molecule has 0 aromatic heterocycles. The molecule has 0 radical (unpaired) electrons. The Kier molecular flexibility index (Phi) is 9.03. The molecule has 1 saturated heterocycles.